The predicted octanol–water partition coefficient (Wildman–Crippen LogP) is 3.41. The van der Waals surface area contributed by atoms with Crippen LogP contribution in [0.1, 0.15) is 22.0 Å². The second-order valence-electron chi connectivity index (χ2n) is 6.38. The van der Waals surface area contributed by atoms with Crippen LogP contribution in [0.25, 0.3) is 0 Å². The molecule has 1 aliphatic heterocycles. The molecule has 0 aliphatic carbocycles. The van der Waals surface area contributed by atoms with Crippen molar-refractivity contribution in [2.24, 2.45) is 4.99 Å². The van der Waals surface area contributed by atoms with Crippen LogP contribution in [0.3, 0.4) is 0 Å². The van der Waals surface area contributed by atoms with E-state index in [2.05, 4.69) is 44.3 Å². The highest BCUT2D eigenvalue weighted by Gasteiger charge is 2.25. The van der Waals surface area contributed by atoms with Crippen LogP contribution in [0.5, 0.6) is 0 Å². The zero-order valence-electron chi connectivity index (χ0n) is 15.8. The van der Waals surface area contributed by atoms with E-state index in [4.69, 9.17) is 11.6 Å². The van der Waals surface area contributed by atoms with Crippen molar-refractivity contribution >= 4 is 58.7 Å². The van der Waals surface area contributed by atoms with Gasteiger partial charge in [0.15, 0.2) is 5.96 Å². The summed E-state index contributed by atoms with van der Waals surface area (Å²) in [4.78, 5) is 16.8. The summed E-state index contributed by atoms with van der Waals surface area (Å²) in [6, 6.07) is 4.07. The first-order chi connectivity index (χ1) is 12.6. The van der Waals surface area contributed by atoms with Gasteiger partial charge in [-0.05, 0) is 32.4 Å². The Bertz CT molecular complexity index is 781. The quantitative estimate of drug-likeness (QED) is 0.359. The first-order valence-electron chi connectivity index (χ1n) is 8.82. The number of anilines is 1. The molecule has 3 heterocycles. The number of nitrogens with zero attached hydrogens (tertiary/aromatic N) is 4. The number of hydrogen-bond acceptors (Lipinski definition) is 5. The average Bonchev–Trinajstić information content (AvgIpc) is 3.20. The van der Waals surface area contributed by atoms with Gasteiger partial charge in [0, 0.05) is 50.2 Å². The number of aromatic nitrogens is 2. The van der Waals surface area contributed by atoms with Crippen LogP contribution in [-0.2, 0) is 6.42 Å². The fraction of sp³-hybridized carbons (Fsp3) is 0.500. The van der Waals surface area contributed by atoms with Crippen LogP contribution in [0, 0.1) is 13.8 Å². The minimum atomic E-state index is 0. The van der Waals surface area contributed by atoms with Gasteiger partial charge >= 0.3 is 0 Å². The fourth-order valence-electron chi connectivity index (χ4n) is 3.17. The van der Waals surface area contributed by atoms with Crippen molar-refractivity contribution in [1.29, 1.82) is 0 Å². The summed E-state index contributed by atoms with van der Waals surface area (Å²) < 4.78 is 0. The Labute approximate surface area is 186 Å². The number of rotatable bonds is 5. The van der Waals surface area contributed by atoms with E-state index in [9.17, 15) is 0 Å². The van der Waals surface area contributed by atoms with E-state index < -0.39 is 0 Å². The van der Waals surface area contributed by atoms with E-state index in [1.807, 2.05) is 12.1 Å². The lowest BCUT2D eigenvalue weighted by Crippen LogP contribution is -2.45. The summed E-state index contributed by atoms with van der Waals surface area (Å²) in [6.07, 6.45) is 3.77. The lowest BCUT2D eigenvalue weighted by Gasteiger charge is -2.20. The Morgan fingerprint density at radius 3 is 2.93 bits per heavy atom. The van der Waals surface area contributed by atoms with Gasteiger partial charge in [-0.25, -0.2) is 9.97 Å². The molecule has 148 valence electrons. The molecule has 1 atom stereocenters. The lowest BCUT2D eigenvalue weighted by atomic mass is 10.2. The maximum absolute atomic E-state index is 6.26. The van der Waals surface area contributed by atoms with Gasteiger partial charge in [-0.3, -0.25) is 4.99 Å². The smallest absolute Gasteiger partial charge is 0.191 e. The number of thiazole rings is 1. The number of guanidine groups is 1. The molecular formula is C18H26ClIN6S. The summed E-state index contributed by atoms with van der Waals surface area (Å²) in [5, 5.41) is 8.73. The van der Waals surface area contributed by atoms with Gasteiger partial charge in [0.25, 0.3) is 0 Å². The van der Waals surface area contributed by atoms with E-state index >= 15 is 0 Å². The standard InChI is InChI=1S/C18H25ClN6S.HI/c1-12-16(26-13(2)23-12)6-9-22-18(20-3)24-14-7-10-25(11-14)17-15(19)5-4-8-21-17;/h4-5,8,14H,6-7,9-11H2,1-3H3,(H2,20,22,24);1H. The second-order valence-corrected chi connectivity index (χ2v) is 8.07. The molecule has 27 heavy (non-hydrogen) atoms. The second kappa shape index (κ2) is 10.4. The van der Waals surface area contributed by atoms with E-state index in [0.29, 0.717) is 11.1 Å². The zero-order valence-corrected chi connectivity index (χ0v) is 19.7. The number of hydrogen-bond donors (Lipinski definition) is 2. The SMILES string of the molecule is CN=C(NCCc1sc(C)nc1C)NC1CCN(c2ncccc2Cl)C1.I. The van der Waals surface area contributed by atoms with Gasteiger partial charge in [-0.1, -0.05) is 11.6 Å². The van der Waals surface area contributed by atoms with Crippen molar-refractivity contribution in [2.75, 3.05) is 31.6 Å². The summed E-state index contributed by atoms with van der Waals surface area (Å²) >= 11 is 8.03. The van der Waals surface area contributed by atoms with E-state index in [1.54, 1.807) is 24.6 Å². The maximum atomic E-state index is 6.26. The molecule has 1 unspecified atom stereocenters. The van der Waals surface area contributed by atoms with Gasteiger partial charge in [-0.15, -0.1) is 35.3 Å². The topological polar surface area (TPSA) is 65.4 Å². The fourth-order valence-corrected chi connectivity index (χ4v) is 4.35. The molecule has 0 spiro atoms. The first-order valence-corrected chi connectivity index (χ1v) is 10.0. The predicted molar refractivity (Wildman–Crippen MR) is 125 cm³/mol. The molecular weight excluding hydrogens is 495 g/mol. The Morgan fingerprint density at radius 2 is 2.26 bits per heavy atom. The first kappa shape index (κ1) is 22.2. The highest BCUT2D eigenvalue weighted by atomic mass is 127. The van der Waals surface area contributed by atoms with Crippen molar-refractivity contribution in [1.82, 2.24) is 20.6 Å². The lowest BCUT2D eigenvalue weighted by molar-refractivity contribution is 0.648. The highest BCUT2D eigenvalue weighted by molar-refractivity contribution is 14.0. The molecule has 0 bridgehead atoms. The third-order valence-electron chi connectivity index (χ3n) is 4.44. The van der Waals surface area contributed by atoms with Crippen LogP contribution >= 0.6 is 46.9 Å². The minimum absolute atomic E-state index is 0. The van der Waals surface area contributed by atoms with Gasteiger partial charge in [-0.2, -0.15) is 0 Å². The number of halogens is 2. The van der Waals surface area contributed by atoms with Crippen LogP contribution in [0.15, 0.2) is 23.3 Å². The Hall–Kier alpha value is -1.13. The third-order valence-corrected chi connectivity index (χ3v) is 5.86. The van der Waals surface area contributed by atoms with E-state index in [0.717, 1.165) is 55.0 Å². The maximum Gasteiger partial charge on any atom is 0.191 e. The van der Waals surface area contributed by atoms with Crippen LogP contribution in [0.4, 0.5) is 5.82 Å². The monoisotopic (exact) mass is 520 g/mol. The van der Waals surface area contributed by atoms with Gasteiger partial charge in [0.2, 0.25) is 0 Å². The number of aryl methyl sites for hydroxylation is 2. The molecule has 3 rings (SSSR count). The van der Waals surface area contributed by atoms with Crippen LogP contribution in [0.2, 0.25) is 5.02 Å². The molecule has 0 amide bonds. The molecule has 2 N–H and O–H groups in total. The van der Waals surface area contributed by atoms with Crippen molar-refractivity contribution in [2.45, 2.75) is 32.7 Å². The van der Waals surface area contributed by atoms with Crippen molar-refractivity contribution in [3.63, 3.8) is 0 Å². The molecule has 0 radical (unpaired) electrons. The Morgan fingerprint density at radius 1 is 1.44 bits per heavy atom. The van der Waals surface area contributed by atoms with Crippen molar-refractivity contribution in [3.8, 4) is 0 Å². The number of nitrogens with one attached hydrogen (secondary N) is 2. The molecule has 6 nitrogen and oxygen atoms in total. The van der Waals surface area contributed by atoms with Gasteiger partial charge in [0.05, 0.1) is 15.7 Å². The highest BCUT2D eigenvalue weighted by Crippen LogP contribution is 2.25. The molecule has 0 saturated carbocycles. The molecule has 2 aromatic rings. The summed E-state index contributed by atoms with van der Waals surface area (Å²) in [6.45, 7) is 6.76. The normalized spacial score (nSPS) is 17.0. The van der Waals surface area contributed by atoms with Crippen molar-refractivity contribution in [3.05, 3.63) is 38.9 Å². The summed E-state index contributed by atoms with van der Waals surface area (Å²) in [5.41, 5.74) is 1.14. The molecule has 2 aromatic heterocycles. The number of aliphatic imine (C=N–C) groups is 1. The molecule has 9 heteroatoms. The van der Waals surface area contributed by atoms with Crippen molar-refractivity contribution < 1.29 is 0 Å². The summed E-state index contributed by atoms with van der Waals surface area (Å²) in [5.74, 6) is 1.69. The van der Waals surface area contributed by atoms with E-state index in [1.165, 1.54) is 4.88 Å². The molecule has 0 aromatic carbocycles. The zero-order chi connectivity index (χ0) is 18.5. The average molecular weight is 521 g/mol. The third kappa shape index (κ3) is 5.92. The summed E-state index contributed by atoms with van der Waals surface area (Å²) in [7, 11) is 1.81. The van der Waals surface area contributed by atoms with Crippen LogP contribution < -0.4 is 15.5 Å². The molecule has 1 fully saturated rings. The van der Waals surface area contributed by atoms with Crippen LogP contribution in [-0.4, -0.2) is 48.7 Å². The number of pyridine rings is 1. The molecule has 1 saturated heterocycles. The van der Waals surface area contributed by atoms with Gasteiger partial charge in [0.1, 0.15) is 5.82 Å². The van der Waals surface area contributed by atoms with E-state index in [-0.39, 0.29) is 24.0 Å². The minimum Gasteiger partial charge on any atom is -0.356 e. The molecule has 1 aliphatic rings. The largest absolute Gasteiger partial charge is 0.356 e. The Balaban J connectivity index is 0.00000261. The van der Waals surface area contributed by atoms with Gasteiger partial charge < -0.3 is 15.5 Å². The Kier molecular flexibility index (Phi) is 8.56.